The highest BCUT2D eigenvalue weighted by Gasteiger charge is 2.19. The van der Waals surface area contributed by atoms with E-state index in [1.54, 1.807) is 0 Å². The quantitative estimate of drug-likeness (QED) is 0.660. The Balaban J connectivity index is 2.26. The van der Waals surface area contributed by atoms with E-state index in [4.69, 9.17) is 4.74 Å². The average molecular weight is 197 g/mol. The van der Waals surface area contributed by atoms with Crippen LogP contribution in [0.15, 0.2) is 12.2 Å². The summed E-state index contributed by atoms with van der Waals surface area (Å²) in [7, 11) is 2.05. The minimum absolute atomic E-state index is 0.592. The molecule has 0 spiro atoms. The molecule has 0 aliphatic carbocycles. The Hall–Kier alpha value is -0.340. The van der Waals surface area contributed by atoms with Gasteiger partial charge < -0.3 is 10.1 Å². The molecule has 1 heterocycles. The zero-order valence-corrected chi connectivity index (χ0v) is 9.51. The van der Waals surface area contributed by atoms with Crippen LogP contribution in [0.3, 0.4) is 0 Å². The second kappa shape index (κ2) is 6.20. The van der Waals surface area contributed by atoms with Crippen molar-refractivity contribution >= 4 is 0 Å². The molecule has 0 aromatic rings. The lowest BCUT2D eigenvalue weighted by Gasteiger charge is -2.19. The van der Waals surface area contributed by atoms with Crippen LogP contribution in [0.5, 0.6) is 0 Å². The average Bonchev–Trinajstić information content (AvgIpc) is 2.69. The fourth-order valence-electron chi connectivity index (χ4n) is 1.97. The van der Waals surface area contributed by atoms with Crippen molar-refractivity contribution in [2.24, 2.45) is 5.92 Å². The van der Waals surface area contributed by atoms with Crippen LogP contribution in [-0.4, -0.2) is 26.3 Å². The number of rotatable bonds is 6. The highest BCUT2D eigenvalue weighted by atomic mass is 16.5. The monoisotopic (exact) mass is 197 g/mol. The van der Waals surface area contributed by atoms with Gasteiger partial charge in [-0.3, -0.25) is 0 Å². The minimum atomic E-state index is 0.592. The van der Waals surface area contributed by atoms with E-state index in [2.05, 4.69) is 18.8 Å². The van der Waals surface area contributed by atoms with Crippen LogP contribution in [0.2, 0.25) is 0 Å². The van der Waals surface area contributed by atoms with Gasteiger partial charge in [0.1, 0.15) is 0 Å². The Kier molecular flexibility index (Phi) is 5.20. The van der Waals surface area contributed by atoms with Crippen molar-refractivity contribution in [3.05, 3.63) is 12.2 Å². The molecule has 0 aromatic heterocycles. The predicted molar refractivity (Wildman–Crippen MR) is 60.4 cm³/mol. The zero-order chi connectivity index (χ0) is 10.4. The molecule has 1 fully saturated rings. The van der Waals surface area contributed by atoms with Crippen LogP contribution >= 0.6 is 0 Å². The van der Waals surface area contributed by atoms with Gasteiger partial charge in [-0.05, 0) is 38.6 Å². The number of hydrogen-bond acceptors (Lipinski definition) is 2. The lowest BCUT2D eigenvalue weighted by atomic mass is 9.94. The molecule has 0 aromatic carbocycles. The van der Waals surface area contributed by atoms with E-state index >= 15 is 0 Å². The van der Waals surface area contributed by atoms with Gasteiger partial charge in [-0.2, -0.15) is 0 Å². The molecule has 1 rings (SSSR count). The van der Waals surface area contributed by atoms with Crippen LogP contribution in [0, 0.1) is 5.92 Å². The van der Waals surface area contributed by atoms with E-state index in [-0.39, 0.29) is 0 Å². The molecule has 2 unspecified atom stereocenters. The van der Waals surface area contributed by atoms with Gasteiger partial charge in [0, 0.05) is 19.3 Å². The van der Waals surface area contributed by atoms with Crippen molar-refractivity contribution in [3.8, 4) is 0 Å². The SMILES string of the molecule is C=C(CC)CC(CC1CCOC1)NC. The predicted octanol–water partition coefficient (Wildman–Crippen LogP) is 2.36. The first-order valence-corrected chi connectivity index (χ1v) is 5.68. The molecule has 1 aliphatic heterocycles. The molecule has 0 bridgehead atoms. The van der Waals surface area contributed by atoms with Crippen molar-refractivity contribution in [2.75, 3.05) is 20.3 Å². The zero-order valence-electron chi connectivity index (χ0n) is 9.51. The van der Waals surface area contributed by atoms with Gasteiger partial charge in [-0.1, -0.05) is 19.1 Å². The summed E-state index contributed by atoms with van der Waals surface area (Å²) < 4.78 is 5.38. The number of nitrogens with one attached hydrogen (secondary N) is 1. The van der Waals surface area contributed by atoms with Gasteiger partial charge in [-0.15, -0.1) is 0 Å². The molecule has 14 heavy (non-hydrogen) atoms. The second-order valence-corrected chi connectivity index (χ2v) is 4.26. The van der Waals surface area contributed by atoms with E-state index in [0.717, 1.165) is 32.0 Å². The molecular formula is C12H23NO. The van der Waals surface area contributed by atoms with E-state index in [1.807, 2.05) is 7.05 Å². The first-order valence-electron chi connectivity index (χ1n) is 5.68. The molecule has 0 radical (unpaired) electrons. The van der Waals surface area contributed by atoms with Crippen LogP contribution < -0.4 is 5.32 Å². The molecule has 0 saturated carbocycles. The number of hydrogen-bond donors (Lipinski definition) is 1. The van der Waals surface area contributed by atoms with Crippen LogP contribution in [-0.2, 0) is 4.74 Å². The Bertz CT molecular complexity index is 173. The van der Waals surface area contributed by atoms with Crippen LogP contribution in [0.4, 0.5) is 0 Å². The summed E-state index contributed by atoms with van der Waals surface area (Å²) in [4.78, 5) is 0. The van der Waals surface area contributed by atoms with Crippen molar-refractivity contribution in [2.45, 2.75) is 38.6 Å². The van der Waals surface area contributed by atoms with Gasteiger partial charge in [0.2, 0.25) is 0 Å². The van der Waals surface area contributed by atoms with E-state index < -0.39 is 0 Å². The molecule has 2 nitrogen and oxygen atoms in total. The largest absolute Gasteiger partial charge is 0.381 e. The third-order valence-electron chi connectivity index (χ3n) is 3.09. The molecule has 1 aliphatic rings. The summed E-state index contributed by atoms with van der Waals surface area (Å²) in [5.41, 5.74) is 1.35. The van der Waals surface area contributed by atoms with Crippen molar-refractivity contribution in [1.82, 2.24) is 5.32 Å². The highest BCUT2D eigenvalue weighted by Crippen LogP contribution is 2.21. The first kappa shape index (κ1) is 11.7. The Morgan fingerprint density at radius 2 is 2.43 bits per heavy atom. The molecule has 2 atom stereocenters. The molecular weight excluding hydrogens is 174 g/mol. The third kappa shape index (κ3) is 3.81. The van der Waals surface area contributed by atoms with Gasteiger partial charge in [0.15, 0.2) is 0 Å². The summed E-state index contributed by atoms with van der Waals surface area (Å²) in [5.74, 6) is 0.761. The van der Waals surface area contributed by atoms with Crippen LogP contribution in [0.25, 0.3) is 0 Å². The molecule has 2 heteroatoms. The Labute approximate surface area is 87.7 Å². The number of ether oxygens (including phenoxy) is 1. The topological polar surface area (TPSA) is 21.3 Å². The maximum Gasteiger partial charge on any atom is 0.0495 e. The molecule has 1 N–H and O–H groups in total. The summed E-state index contributed by atoms with van der Waals surface area (Å²) in [6, 6.07) is 0.592. The van der Waals surface area contributed by atoms with Crippen molar-refractivity contribution in [1.29, 1.82) is 0 Å². The lowest BCUT2D eigenvalue weighted by Crippen LogP contribution is -2.28. The molecule has 1 saturated heterocycles. The standard InChI is InChI=1S/C12H23NO/c1-4-10(2)7-12(13-3)8-11-5-6-14-9-11/h11-13H,2,4-9H2,1,3H3. The van der Waals surface area contributed by atoms with Gasteiger partial charge in [0.05, 0.1) is 0 Å². The summed E-state index contributed by atoms with van der Waals surface area (Å²) in [5, 5.41) is 3.38. The maximum atomic E-state index is 5.38. The fraction of sp³-hybridized carbons (Fsp3) is 0.833. The van der Waals surface area contributed by atoms with Gasteiger partial charge >= 0.3 is 0 Å². The lowest BCUT2D eigenvalue weighted by molar-refractivity contribution is 0.181. The summed E-state index contributed by atoms with van der Waals surface area (Å²) >= 11 is 0. The van der Waals surface area contributed by atoms with Crippen molar-refractivity contribution < 1.29 is 4.74 Å². The molecule has 82 valence electrons. The van der Waals surface area contributed by atoms with E-state index in [0.29, 0.717) is 6.04 Å². The minimum Gasteiger partial charge on any atom is -0.381 e. The van der Waals surface area contributed by atoms with Crippen LogP contribution in [0.1, 0.15) is 32.6 Å². The van der Waals surface area contributed by atoms with E-state index in [9.17, 15) is 0 Å². The first-order chi connectivity index (χ1) is 6.76. The molecule has 0 amide bonds. The van der Waals surface area contributed by atoms with Crippen molar-refractivity contribution in [3.63, 3.8) is 0 Å². The highest BCUT2D eigenvalue weighted by molar-refractivity contribution is 4.96. The Morgan fingerprint density at radius 1 is 1.64 bits per heavy atom. The fourth-order valence-corrected chi connectivity index (χ4v) is 1.97. The maximum absolute atomic E-state index is 5.38. The van der Waals surface area contributed by atoms with Gasteiger partial charge in [0.25, 0.3) is 0 Å². The van der Waals surface area contributed by atoms with Gasteiger partial charge in [-0.25, -0.2) is 0 Å². The normalized spacial score (nSPS) is 23.7. The Morgan fingerprint density at radius 3 is 2.93 bits per heavy atom. The smallest absolute Gasteiger partial charge is 0.0495 e. The summed E-state index contributed by atoms with van der Waals surface area (Å²) in [6.07, 6.45) is 4.68. The summed E-state index contributed by atoms with van der Waals surface area (Å²) in [6.45, 7) is 8.15. The third-order valence-corrected chi connectivity index (χ3v) is 3.09. The van der Waals surface area contributed by atoms with E-state index in [1.165, 1.54) is 18.4 Å². The second-order valence-electron chi connectivity index (χ2n) is 4.26.